The van der Waals surface area contributed by atoms with Gasteiger partial charge in [-0.05, 0) is 77.2 Å². The predicted octanol–water partition coefficient (Wildman–Crippen LogP) is 3.27. The van der Waals surface area contributed by atoms with Crippen molar-refractivity contribution in [3.63, 3.8) is 0 Å². The topological polar surface area (TPSA) is 118 Å². The number of rotatable bonds is 8. The number of hydrazone groups is 1. The maximum atomic E-state index is 12.3. The van der Waals surface area contributed by atoms with E-state index in [-0.39, 0.29) is 18.6 Å². The average Bonchev–Trinajstić information content (AvgIpc) is 3.59. The maximum absolute atomic E-state index is 12.3. The summed E-state index contributed by atoms with van der Waals surface area (Å²) < 4.78 is 12.5. The lowest BCUT2D eigenvalue weighted by Gasteiger charge is -2.14. The molecule has 174 valence electrons. The maximum Gasteiger partial charge on any atom is 0.329 e. The lowest BCUT2D eigenvalue weighted by molar-refractivity contribution is -0.139. The Morgan fingerprint density at radius 3 is 2.55 bits per heavy atom. The molecule has 0 atom stereocenters. The van der Waals surface area contributed by atoms with Crippen LogP contribution in [0, 0.1) is 6.92 Å². The highest BCUT2D eigenvalue weighted by molar-refractivity contribution is 9.10. The normalized spacial score (nSPS) is 12.8. The molecule has 11 heteroatoms. The summed E-state index contributed by atoms with van der Waals surface area (Å²) in [4.78, 5) is 35.7. The van der Waals surface area contributed by atoms with E-state index in [1.54, 1.807) is 18.2 Å². The van der Waals surface area contributed by atoms with Crippen LogP contribution in [0.2, 0.25) is 0 Å². The van der Waals surface area contributed by atoms with Crippen LogP contribution in [0.4, 0.5) is 5.69 Å². The van der Waals surface area contributed by atoms with E-state index in [1.165, 1.54) is 13.3 Å². The van der Waals surface area contributed by atoms with E-state index in [0.29, 0.717) is 27.2 Å². The minimum absolute atomic E-state index is 0.0843. The Balaban J connectivity index is 1.58. The van der Waals surface area contributed by atoms with Crippen LogP contribution in [0.25, 0.3) is 0 Å². The van der Waals surface area contributed by atoms with Gasteiger partial charge in [-0.3, -0.25) is 14.4 Å². The smallest absolute Gasteiger partial charge is 0.329 e. The summed E-state index contributed by atoms with van der Waals surface area (Å²) >= 11 is 6.82. The Hall–Kier alpha value is -2.92. The second-order valence-corrected chi connectivity index (χ2v) is 8.99. The molecule has 0 spiro atoms. The SMILES string of the molecule is COc1cc(/C=N\NC(=O)C(=O)NC2CC2)cc(Br)c1OCC(=O)Nc1ccc(Br)c(C)c1. The fourth-order valence-electron chi connectivity index (χ4n) is 2.71. The molecule has 3 N–H and O–H groups in total. The molecule has 2 aromatic rings. The number of anilines is 1. The van der Waals surface area contributed by atoms with E-state index < -0.39 is 11.8 Å². The van der Waals surface area contributed by atoms with Crippen molar-refractivity contribution < 1.29 is 23.9 Å². The summed E-state index contributed by atoms with van der Waals surface area (Å²) in [6.45, 7) is 1.70. The molecule has 0 bridgehead atoms. The van der Waals surface area contributed by atoms with Crippen LogP contribution in [0.15, 0.2) is 44.4 Å². The van der Waals surface area contributed by atoms with Gasteiger partial charge < -0.3 is 20.1 Å². The molecule has 3 rings (SSSR count). The van der Waals surface area contributed by atoms with Crippen LogP contribution in [0.3, 0.4) is 0 Å². The number of ether oxygens (including phenoxy) is 2. The van der Waals surface area contributed by atoms with Crippen LogP contribution in [0.1, 0.15) is 24.0 Å². The number of carbonyl (C=O) groups excluding carboxylic acids is 3. The summed E-state index contributed by atoms with van der Waals surface area (Å²) in [5.41, 5.74) is 4.41. The summed E-state index contributed by atoms with van der Waals surface area (Å²) in [6, 6.07) is 8.87. The van der Waals surface area contributed by atoms with Gasteiger partial charge >= 0.3 is 11.8 Å². The van der Waals surface area contributed by atoms with Gasteiger partial charge in [-0.25, -0.2) is 5.43 Å². The van der Waals surface area contributed by atoms with Gasteiger partial charge in [0.1, 0.15) is 0 Å². The predicted molar refractivity (Wildman–Crippen MR) is 131 cm³/mol. The quantitative estimate of drug-likeness (QED) is 0.251. The third-order valence-corrected chi connectivity index (χ3v) is 6.02. The van der Waals surface area contributed by atoms with Crippen molar-refractivity contribution in [3.8, 4) is 11.5 Å². The second-order valence-electron chi connectivity index (χ2n) is 7.28. The number of hydrogen-bond acceptors (Lipinski definition) is 6. The number of benzene rings is 2. The van der Waals surface area contributed by atoms with Crippen LogP contribution < -0.4 is 25.5 Å². The van der Waals surface area contributed by atoms with Crippen molar-refractivity contribution in [2.75, 3.05) is 19.0 Å². The molecule has 0 unspecified atom stereocenters. The summed E-state index contributed by atoms with van der Waals surface area (Å²) in [6.07, 6.45) is 3.13. The van der Waals surface area contributed by atoms with Gasteiger partial charge in [0.25, 0.3) is 5.91 Å². The summed E-state index contributed by atoms with van der Waals surface area (Å²) in [5, 5.41) is 9.15. The van der Waals surface area contributed by atoms with Crippen LogP contribution in [-0.4, -0.2) is 43.7 Å². The standard InChI is InChI=1S/C22H22Br2N4O5/c1-12-7-15(5-6-16(12)23)26-19(29)11-33-20-17(24)8-13(9-18(20)32-2)10-25-28-22(31)21(30)27-14-3-4-14/h5-10,14H,3-4,11H2,1-2H3,(H,26,29)(H,27,30)(H,28,31)/b25-10-. The van der Waals surface area contributed by atoms with Crippen molar-refractivity contribution in [1.29, 1.82) is 0 Å². The van der Waals surface area contributed by atoms with Gasteiger partial charge in [0.05, 0.1) is 17.8 Å². The first kappa shape index (κ1) is 24.7. The molecule has 0 aliphatic heterocycles. The number of amides is 3. The van der Waals surface area contributed by atoms with Crippen LogP contribution in [-0.2, 0) is 14.4 Å². The molecule has 0 saturated heterocycles. The monoisotopic (exact) mass is 580 g/mol. The number of methoxy groups -OCH3 is 1. The Labute approximate surface area is 207 Å². The van der Waals surface area contributed by atoms with E-state index in [9.17, 15) is 14.4 Å². The Morgan fingerprint density at radius 2 is 1.88 bits per heavy atom. The molecule has 9 nitrogen and oxygen atoms in total. The molecule has 1 saturated carbocycles. The van der Waals surface area contributed by atoms with Gasteiger partial charge in [0.15, 0.2) is 18.1 Å². The second kappa shape index (κ2) is 11.3. The van der Waals surface area contributed by atoms with Gasteiger partial charge in [-0.2, -0.15) is 5.10 Å². The highest BCUT2D eigenvalue weighted by atomic mass is 79.9. The van der Waals surface area contributed by atoms with Crippen LogP contribution in [0.5, 0.6) is 11.5 Å². The number of carbonyl (C=O) groups is 3. The first-order chi connectivity index (χ1) is 15.8. The molecule has 3 amide bonds. The molecule has 1 aliphatic rings. The fraction of sp³-hybridized carbons (Fsp3) is 0.273. The molecule has 33 heavy (non-hydrogen) atoms. The van der Waals surface area contributed by atoms with Gasteiger partial charge in [-0.1, -0.05) is 15.9 Å². The summed E-state index contributed by atoms with van der Waals surface area (Å²) in [7, 11) is 1.46. The molecule has 2 aromatic carbocycles. The fourth-order valence-corrected chi connectivity index (χ4v) is 3.53. The number of hydrogen-bond donors (Lipinski definition) is 3. The van der Waals surface area contributed by atoms with Gasteiger partial charge in [0.2, 0.25) is 0 Å². The molecular formula is C22H22Br2N4O5. The van der Waals surface area contributed by atoms with Crippen molar-refractivity contribution in [3.05, 3.63) is 50.4 Å². The van der Waals surface area contributed by atoms with E-state index in [1.807, 2.05) is 19.1 Å². The highest BCUT2D eigenvalue weighted by Crippen LogP contribution is 2.36. The largest absolute Gasteiger partial charge is 0.493 e. The van der Waals surface area contributed by atoms with Crippen molar-refractivity contribution in [1.82, 2.24) is 10.7 Å². The number of nitrogens with zero attached hydrogens (tertiary/aromatic N) is 1. The molecule has 0 heterocycles. The third kappa shape index (κ3) is 7.29. The number of nitrogens with one attached hydrogen (secondary N) is 3. The number of halogens is 2. The van der Waals surface area contributed by atoms with Gasteiger partial charge in [0, 0.05) is 16.2 Å². The number of aryl methyl sites for hydroxylation is 1. The highest BCUT2D eigenvalue weighted by Gasteiger charge is 2.26. The molecule has 0 radical (unpaired) electrons. The van der Waals surface area contributed by atoms with E-state index in [2.05, 4.69) is 53.0 Å². The van der Waals surface area contributed by atoms with E-state index in [0.717, 1.165) is 22.9 Å². The van der Waals surface area contributed by atoms with E-state index >= 15 is 0 Å². The van der Waals surface area contributed by atoms with Crippen molar-refractivity contribution in [2.24, 2.45) is 5.10 Å². The lowest BCUT2D eigenvalue weighted by atomic mass is 10.2. The first-order valence-corrected chi connectivity index (χ1v) is 11.6. The zero-order valence-corrected chi connectivity index (χ0v) is 21.1. The molecule has 1 fully saturated rings. The first-order valence-electron chi connectivity index (χ1n) is 9.97. The minimum Gasteiger partial charge on any atom is -0.493 e. The molecular weight excluding hydrogens is 560 g/mol. The molecule has 1 aliphatic carbocycles. The summed E-state index contributed by atoms with van der Waals surface area (Å²) in [5.74, 6) is -1.19. The minimum atomic E-state index is -0.837. The third-order valence-electron chi connectivity index (χ3n) is 4.54. The van der Waals surface area contributed by atoms with E-state index in [4.69, 9.17) is 9.47 Å². The average molecular weight is 582 g/mol. The Kier molecular flexibility index (Phi) is 8.45. The lowest BCUT2D eigenvalue weighted by Crippen LogP contribution is -2.38. The van der Waals surface area contributed by atoms with Crippen molar-refractivity contribution in [2.45, 2.75) is 25.8 Å². The molecule has 0 aromatic heterocycles. The Bertz CT molecular complexity index is 1100. The zero-order valence-electron chi connectivity index (χ0n) is 17.9. The van der Waals surface area contributed by atoms with Crippen LogP contribution >= 0.6 is 31.9 Å². The Morgan fingerprint density at radius 1 is 1.12 bits per heavy atom. The van der Waals surface area contributed by atoms with Gasteiger partial charge in [-0.15, -0.1) is 0 Å². The van der Waals surface area contributed by atoms with Crippen molar-refractivity contribution >= 4 is 61.5 Å². The zero-order chi connectivity index (χ0) is 24.0.